The minimum atomic E-state index is -0.349. The highest BCUT2D eigenvalue weighted by atomic mass is 35.5. The van der Waals surface area contributed by atoms with Crippen LogP contribution in [0.4, 0.5) is 5.69 Å². The second kappa shape index (κ2) is 7.78. The van der Waals surface area contributed by atoms with Gasteiger partial charge in [-0.1, -0.05) is 40.9 Å². The maximum Gasteiger partial charge on any atom is 0.255 e. The number of aromatic nitrogens is 1. The van der Waals surface area contributed by atoms with Gasteiger partial charge in [0.1, 0.15) is 5.52 Å². The summed E-state index contributed by atoms with van der Waals surface area (Å²) in [7, 11) is 1.46. The van der Waals surface area contributed by atoms with Gasteiger partial charge < -0.3 is 14.5 Å². The number of aryl methyl sites for hydroxylation is 1. The van der Waals surface area contributed by atoms with Crippen molar-refractivity contribution < 1.29 is 13.9 Å². The lowest BCUT2D eigenvalue weighted by Crippen LogP contribution is -2.12. The van der Waals surface area contributed by atoms with Gasteiger partial charge >= 0.3 is 0 Å². The summed E-state index contributed by atoms with van der Waals surface area (Å²) in [5.41, 5.74) is 4.19. The van der Waals surface area contributed by atoms with Crippen LogP contribution in [0, 0.1) is 6.92 Å². The molecule has 0 unspecified atom stereocenters. The number of benzene rings is 3. The molecule has 5 nitrogen and oxygen atoms in total. The Balaban J connectivity index is 1.61. The monoisotopic (exact) mass is 426 g/mol. The Kier molecular flexibility index (Phi) is 5.18. The minimum Gasteiger partial charge on any atom is -0.494 e. The van der Waals surface area contributed by atoms with E-state index >= 15 is 0 Å². The fraction of sp³-hybridized carbons (Fsp3) is 0.0909. The van der Waals surface area contributed by atoms with Gasteiger partial charge in [0.25, 0.3) is 5.91 Å². The third kappa shape index (κ3) is 3.92. The first-order valence-electron chi connectivity index (χ1n) is 8.76. The van der Waals surface area contributed by atoms with Gasteiger partial charge in [-0.2, -0.15) is 0 Å². The van der Waals surface area contributed by atoms with Crippen LogP contribution in [0.5, 0.6) is 5.75 Å². The number of rotatable bonds is 4. The van der Waals surface area contributed by atoms with E-state index in [9.17, 15) is 4.79 Å². The van der Waals surface area contributed by atoms with E-state index in [1.165, 1.54) is 19.2 Å². The maximum absolute atomic E-state index is 12.6. The first kappa shape index (κ1) is 19.3. The first-order chi connectivity index (χ1) is 13.9. The number of methoxy groups -OCH3 is 1. The Morgan fingerprint density at radius 1 is 1.07 bits per heavy atom. The molecule has 29 heavy (non-hydrogen) atoms. The second-order valence-corrected chi connectivity index (χ2v) is 7.31. The highest BCUT2D eigenvalue weighted by Gasteiger charge is 2.15. The summed E-state index contributed by atoms with van der Waals surface area (Å²) in [5, 5.41) is 3.35. The number of hydrogen-bond acceptors (Lipinski definition) is 4. The molecule has 1 N–H and O–H groups in total. The molecule has 1 heterocycles. The van der Waals surface area contributed by atoms with Gasteiger partial charge in [0.05, 0.1) is 17.2 Å². The van der Waals surface area contributed by atoms with Crippen molar-refractivity contribution in [3.05, 3.63) is 75.8 Å². The van der Waals surface area contributed by atoms with Crippen LogP contribution < -0.4 is 10.1 Å². The van der Waals surface area contributed by atoms with Crippen LogP contribution in [-0.4, -0.2) is 18.0 Å². The molecule has 0 saturated heterocycles. The van der Waals surface area contributed by atoms with Crippen molar-refractivity contribution in [2.45, 2.75) is 6.92 Å². The van der Waals surface area contributed by atoms with Crippen LogP contribution in [0.15, 0.2) is 59.0 Å². The number of anilines is 1. The molecule has 0 aliphatic heterocycles. The fourth-order valence-corrected chi connectivity index (χ4v) is 3.64. The van der Waals surface area contributed by atoms with E-state index in [0.29, 0.717) is 34.0 Å². The van der Waals surface area contributed by atoms with Crippen molar-refractivity contribution in [1.82, 2.24) is 4.98 Å². The molecular formula is C22H16Cl2N2O3. The number of carbonyl (C=O) groups is 1. The summed E-state index contributed by atoms with van der Waals surface area (Å²) in [4.78, 5) is 17.1. The van der Waals surface area contributed by atoms with Crippen molar-refractivity contribution in [2.75, 3.05) is 12.4 Å². The van der Waals surface area contributed by atoms with Crippen molar-refractivity contribution in [1.29, 1.82) is 0 Å². The van der Waals surface area contributed by atoms with E-state index in [2.05, 4.69) is 10.3 Å². The molecule has 4 rings (SSSR count). The van der Waals surface area contributed by atoms with Crippen molar-refractivity contribution in [3.8, 4) is 17.2 Å². The van der Waals surface area contributed by atoms with E-state index < -0.39 is 0 Å². The van der Waals surface area contributed by atoms with Crippen LogP contribution in [0.25, 0.3) is 22.6 Å². The van der Waals surface area contributed by atoms with Crippen LogP contribution >= 0.6 is 23.2 Å². The van der Waals surface area contributed by atoms with E-state index in [1.807, 2.05) is 31.2 Å². The molecule has 1 aromatic heterocycles. The Hall–Kier alpha value is -3.02. The Morgan fingerprint density at radius 3 is 2.52 bits per heavy atom. The number of oxazole rings is 1. The SMILES string of the molecule is COc1c(Cl)cc(C(=O)Nc2ccc3oc(-c4cccc(C)c4)nc3c2)cc1Cl. The molecule has 7 heteroatoms. The maximum atomic E-state index is 12.6. The summed E-state index contributed by atoms with van der Waals surface area (Å²) >= 11 is 12.2. The summed E-state index contributed by atoms with van der Waals surface area (Å²) in [5.74, 6) is 0.511. The molecule has 4 aromatic rings. The standard InChI is InChI=1S/C22H16Cl2N2O3/c1-12-4-3-5-13(8-12)22-26-18-11-15(6-7-19(18)29-22)25-21(27)14-9-16(23)20(28-2)17(24)10-14/h3-11H,1-2H3,(H,25,27). The van der Waals surface area contributed by atoms with E-state index in [0.717, 1.165) is 11.1 Å². The van der Waals surface area contributed by atoms with Gasteiger partial charge in [-0.05, 0) is 49.4 Å². The molecule has 0 spiro atoms. The smallest absolute Gasteiger partial charge is 0.255 e. The number of fused-ring (bicyclic) bond motifs is 1. The summed E-state index contributed by atoms with van der Waals surface area (Å²) in [6, 6.07) is 16.2. The quantitative estimate of drug-likeness (QED) is 0.411. The first-order valence-corrected chi connectivity index (χ1v) is 9.52. The van der Waals surface area contributed by atoms with E-state index in [-0.39, 0.29) is 16.0 Å². The van der Waals surface area contributed by atoms with Gasteiger partial charge in [-0.15, -0.1) is 0 Å². The Bertz CT molecular complexity index is 1210. The van der Waals surface area contributed by atoms with Crippen molar-refractivity contribution in [3.63, 3.8) is 0 Å². The molecule has 1 amide bonds. The summed E-state index contributed by atoms with van der Waals surface area (Å²) in [6.45, 7) is 2.01. The topological polar surface area (TPSA) is 64.4 Å². The average molecular weight is 427 g/mol. The molecule has 0 aliphatic carbocycles. The molecule has 0 bridgehead atoms. The molecule has 0 saturated carbocycles. The predicted molar refractivity (Wildman–Crippen MR) is 115 cm³/mol. The number of ether oxygens (including phenoxy) is 1. The minimum absolute atomic E-state index is 0.264. The summed E-state index contributed by atoms with van der Waals surface area (Å²) < 4.78 is 10.9. The highest BCUT2D eigenvalue weighted by Crippen LogP contribution is 2.34. The predicted octanol–water partition coefficient (Wildman–Crippen LogP) is 6.37. The lowest BCUT2D eigenvalue weighted by Gasteiger charge is -2.09. The highest BCUT2D eigenvalue weighted by molar-refractivity contribution is 6.37. The van der Waals surface area contributed by atoms with Crippen LogP contribution in [-0.2, 0) is 0 Å². The zero-order chi connectivity index (χ0) is 20.5. The Morgan fingerprint density at radius 2 is 1.83 bits per heavy atom. The van der Waals surface area contributed by atoms with Gasteiger partial charge in [0.2, 0.25) is 5.89 Å². The number of halogens is 2. The van der Waals surface area contributed by atoms with E-state index in [1.54, 1.807) is 18.2 Å². The molecule has 0 radical (unpaired) electrons. The number of nitrogens with zero attached hydrogens (tertiary/aromatic N) is 1. The summed E-state index contributed by atoms with van der Waals surface area (Å²) in [6.07, 6.45) is 0. The van der Waals surface area contributed by atoms with Gasteiger partial charge in [-0.3, -0.25) is 4.79 Å². The number of nitrogens with one attached hydrogen (secondary N) is 1. The van der Waals surface area contributed by atoms with Crippen molar-refractivity contribution in [2.24, 2.45) is 0 Å². The van der Waals surface area contributed by atoms with Crippen LogP contribution in [0.1, 0.15) is 15.9 Å². The van der Waals surface area contributed by atoms with Gasteiger partial charge in [0, 0.05) is 16.8 Å². The van der Waals surface area contributed by atoms with E-state index in [4.69, 9.17) is 32.4 Å². The fourth-order valence-electron chi connectivity index (χ4n) is 3.00. The van der Waals surface area contributed by atoms with Crippen LogP contribution in [0.3, 0.4) is 0 Å². The molecule has 0 fully saturated rings. The molecule has 146 valence electrons. The largest absolute Gasteiger partial charge is 0.494 e. The molecule has 0 aliphatic rings. The zero-order valence-electron chi connectivity index (χ0n) is 15.6. The normalized spacial score (nSPS) is 10.9. The Labute approximate surface area is 177 Å². The number of carbonyl (C=O) groups excluding carboxylic acids is 1. The molecular weight excluding hydrogens is 411 g/mol. The van der Waals surface area contributed by atoms with Crippen LogP contribution in [0.2, 0.25) is 10.0 Å². The molecule has 3 aromatic carbocycles. The number of amides is 1. The van der Waals surface area contributed by atoms with Gasteiger partial charge in [-0.25, -0.2) is 4.98 Å². The lowest BCUT2D eigenvalue weighted by molar-refractivity contribution is 0.102. The number of hydrogen-bond donors (Lipinski definition) is 1. The molecule has 0 atom stereocenters. The third-order valence-electron chi connectivity index (χ3n) is 4.38. The third-order valence-corrected chi connectivity index (χ3v) is 4.94. The van der Waals surface area contributed by atoms with Crippen molar-refractivity contribution >= 4 is 45.9 Å². The van der Waals surface area contributed by atoms with Gasteiger partial charge in [0.15, 0.2) is 11.3 Å². The average Bonchev–Trinajstić information content (AvgIpc) is 3.11. The second-order valence-electron chi connectivity index (χ2n) is 6.50. The zero-order valence-corrected chi connectivity index (χ0v) is 17.1. The lowest BCUT2D eigenvalue weighted by atomic mass is 10.1.